The predicted octanol–water partition coefficient (Wildman–Crippen LogP) is 3.89. The number of nitrogens with zero attached hydrogens (tertiary/aromatic N) is 2. The maximum Gasteiger partial charge on any atom is 0.420 e. The third-order valence-electron chi connectivity index (χ3n) is 4.82. The minimum atomic E-state index is -3.87. The van der Waals surface area contributed by atoms with E-state index in [1.54, 1.807) is 35.9 Å². The van der Waals surface area contributed by atoms with Gasteiger partial charge in [-0.05, 0) is 66.4 Å². The van der Waals surface area contributed by atoms with E-state index in [0.29, 0.717) is 11.9 Å². The van der Waals surface area contributed by atoms with Crippen LogP contribution in [0.3, 0.4) is 0 Å². The highest BCUT2D eigenvalue weighted by atomic mass is 32.2. The quantitative estimate of drug-likeness (QED) is 0.468. The first-order valence-electron chi connectivity index (χ1n) is 9.43. The minimum absolute atomic E-state index is 0.0406. The Morgan fingerprint density at radius 3 is 2.73 bits per heavy atom. The van der Waals surface area contributed by atoms with Crippen molar-refractivity contribution in [1.82, 2.24) is 14.3 Å². The summed E-state index contributed by atoms with van der Waals surface area (Å²) in [6, 6.07) is 9.49. The predicted molar refractivity (Wildman–Crippen MR) is 116 cm³/mol. The number of pyridine rings is 1. The van der Waals surface area contributed by atoms with E-state index in [-0.39, 0.29) is 16.5 Å². The average Bonchev–Trinajstić information content (AvgIpc) is 3.33. The molecule has 4 aromatic rings. The number of nitrogens with one attached hydrogen (secondary N) is 1. The number of sulfonamides is 1. The molecule has 1 aromatic carbocycles. The van der Waals surface area contributed by atoms with E-state index in [1.165, 1.54) is 16.7 Å². The van der Waals surface area contributed by atoms with Gasteiger partial charge in [0.1, 0.15) is 0 Å². The summed E-state index contributed by atoms with van der Waals surface area (Å²) in [7, 11) is -3.87. The van der Waals surface area contributed by atoms with E-state index in [1.807, 2.05) is 36.7 Å². The molecule has 0 bridgehead atoms. The molecule has 0 radical (unpaired) electrons. The molecule has 0 saturated carbocycles. The maximum absolute atomic E-state index is 13.2. The normalized spacial score (nSPS) is 13.2. The van der Waals surface area contributed by atoms with Gasteiger partial charge in [0.25, 0.3) is 0 Å². The summed E-state index contributed by atoms with van der Waals surface area (Å²) in [6.45, 7) is 3.73. The molecule has 0 aliphatic carbocycles. The first kappa shape index (κ1) is 20.5. The standard InChI is InChI=1S/C21H21N3O4S2/c1-14(2)24-19-6-5-17(11-20(19)28-21(24)25)30(26,27)23-18(10-15-7-9-29-13-15)16-4-3-8-22-12-16/h3-9,11-14,18,23H,10H2,1-2H3/t18-/m0/s1. The Morgan fingerprint density at radius 1 is 1.23 bits per heavy atom. The smallest absolute Gasteiger partial charge is 0.408 e. The molecule has 0 amide bonds. The van der Waals surface area contributed by atoms with Gasteiger partial charge in [-0.1, -0.05) is 6.07 Å². The highest BCUT2D eigenvalue weighted by Gasteiger charge is 2.24. The zero-order valence-corrected chi connectivity index (χ0v) is 18.1. The lowest BCUT2D eigenvalue weighted by atomic mass is 10.0. The number of benzene rings is 1. The Kier molecular flexibility index (Phi) is 5.59. The van der Waals surface area contributed by atoms with Crippen LogP contribution in [-0.2, 0) is 16.4 Å². The molecule has 1 N–H and O–H groups in total. The maximum atomic E-state index is 13.2. The number of rotatable bonds is 7. The fourth-order valence-electron chi connectivity index (χ4n) is 3.38. The van der Waals surface area contributed by atoms with E-state index in [4.69, 9.17) is 4.42 Å². The van der Waals surface area contributed by atoms with Crippen LogP contribution in [-0.4, -0.2) is 18.0 Å². The fraction of sp³-hybridized carbons (Fsp3) is 0.238. The second-order valence-electron chi connectivity index (χ2n) is 7.26. The van der Waals surface area contributed by atoms with Crippen molar-refractivity contribution in [2.75, 3.05) is 0 Å². The molecule has 1 atom stereocenters. The van der Waals surface area contributed by atoms with Crippen LogP contribution in [0.2, 0.25) is 0 Å². The lowest BCUT2D eigenvalue weighted by molar-refractivity contribution is 0.478. The molecule has 30 heavy (non-hydrogen) atoms. The van der Waals surface area contributed by atoms with Gasteiger partial charge in [-0.15, -0.1) is 0 Å². The van der Waals surface area contributed by atoms with Gasteiger partial charge >= 0.3 is 5.76 Å². The van der Waals surface area contributed by atoms with E-state index < -0.39 is 21.8 Å². The summed E-state index contributed by atoms with van der Waals surface area (Å²) >= 11 is 1.56. The zero-order valence-electron chi connectivity index (χ0n) is 16.5. The highest BCUT2D eigenvalue weighted by molar-refractivity contribution is 7.89. The van der Waals surface area contributed by atoms with Crippen LogP contribution in [0.4, 0.5) is 0 Å². The number of fused-ring (bicyclic) bond motifs is 1. The summed E-state index contributed by atoms with van der Waals surface area (Å²) in [5.41, 5.74) is 2.61. The average molecular weight is 444 g/mol. The van der Waals surface area contributed by atoms with Crippen LogP contribution in [0.1, 0.15) is 37.1 Å². The number of aromatic nitrogens is 2. The van der Waals surface area contributed by atoms with Crippen molar-refractivity contribution in [3.8, 4) is 0 Å². The van der Waals surface area contributed by atoms with E-state index in [9.17, 15) is 13.2 Å². The van der Waals surface area contributed by atoms with Crippen molar-refractivity contribution < 1.29 is 12.8 Å². The van der Waals surface area contributed by atoms with Crippen molar-refractivity contribution in [2.45, 2.75) is 37.2 Å². The first-order chi connectivity index (χ1) is 14.3. The number of thiophene rings is 1. The third kappa shape index (κ3) is 4.09. The molecular formula is C21H21N3O4S2. The Morgan fingerprint density at radius 2 is 2.07 bits per heavy atom. The topological polar surface area (TPSA) is 94.2 Å². The SMILES string of the molecule is CC(C)n1c(=O)oc2cc(S(=O)(=O)N[C@@H](Cc3ccsc3)c3cccnc3)ccc21. The van der Waals surface area contributed by atoms with E-state index >= 15 is 0 Å². The van der Waals surface area contributed by atoms with E-state index in [0.717, 1.165) is 11.1 Å². The van der Waals surface area contributed by atoms with Crippen molar-refractivity contribution in [2.24, 2.45) is 0 Å². The van der Waals surface area contributed by atoms with Crippen LogP contribution in [0.15, 0.2) is 73.7 Å². The Bertz CT molecular complexity index is 1310. The molecule has 156 valence electrons. The second kappa shape index (κ2) is 8.17. The molecule has 7 nitrogen and oxygen atoms in total. The van der Waals surface area contributed by atoms with Crippen LogP contribution in [0.5, 0.6) is 0 Å². The molecule has 0 spiro atoms. The summed E-state index contributed by atoms with van der Waals surface area (Å²) < 4.78 is 35.9. The van der Waals surface area contributed by atoms with Crippen molar-refractivity contribution in [1.29, 1.82) is 0 Å². The van der Waals surface area contributed by atoms with Gasteiger partial charge in [-0.25, -0.2) is 17.9 Å². The van der Waals surface area contributed by atoms with Crippen LogP contribution >= 0.6 is 11.3 Å². The van der Waals surface area contributed by atoms with Crippen molar-refractivity contribution in [3.05, 3.63) is 81.2 Å². The molecule has 9 heteroatoms. The molecule has 0 aliphatic heterocycles. The van der Waals surface area contributed by atoms with Gasteiger partial charge in [0.2, 0.25) is 10.0 Å². The first-order valence-corrected chi connectivity index (χ1v) is 11.9. The van der Waals surface area contributed by atoms with Gasteiger partial charge < -0.3 is 4.42 Å². The van der Waals surface area contributed by atoms with Gasteiger partial charge in [0, 0.05) is 24.5 Å². The molecule has 0 unspecified atom stereocenters. The molecular weight excluding hydrogens is 422 g/mol. The summed E-state index contributed by atoms with van der Waals surface area (Å²) in [6.07, 6.45) is 3.80. The van der Waals surface area contributed by atoms with Gasteiger partial charge in [0.15, 0.2) is 5.58 Å². The molecule has 0 saturated heterocycles. The van der Waals surface area contributed by atoms with Crippen LogP contribution < -0.4 is 10.5 Å². The molecule has 0 aliphatic rings. The Hall–Kier alpha value is -2.75. The summed E-state index contributed by atoms with van der Waals surface area (Å²) in [5, 5.41) is 3.95. The van der Waals surface area contributed by atoms with Crippen LogP contribution in [0, 0.1) is 0 Å². The lowest BCUT2D eigenvalue weighted by Gasteiger charge is -2.18. The number of hydrogen-bond donors (Lipinski definition) is 1. The third-order valence-corrected chi connectivity index (χ3v) is 7.02. The van der Waals surface area contributed by atoms with Crippen molar-refractivity contribution in [3.63, 3.8) is 0 Å². The number of oxazole rings is 1. The van der Waals surface area contributed by atoms with Gasteiger partial charge in [0.05, 0.1) is 16.5 Å². The Balaban J connectivity index is 1.70. The highest BCUT2D eigenvalue weighted by Crippen LogP contribution is 2.25. The fourth-order valence-corrected chi connectivity index (χ4v) is 5.30. The molecule has 4 rings (SSSR count). The second-order valence-corrected chi connectivity index (χ2v) is 9.75. The Labute approximate surface area is 178 Å². The monoisotopic (exact) mass is 443 g/mol. The molecule has 3 aromatic heterocycles. The van der Waals surface area contributed by atoms with Gasteiger partial charge in [-0.2, -0.15) is 11.3 Å². The lowest BCUT2D eigenvalue weighted by Crippen LogP contribution is -2.30. The minimum Gasteiger partial charge on any atom is -0.408 e. The van der Waals surface area contributed by atoms with E-state index in [2.05, 4.69) is 9.71 Å². The summed E-state index contributed by atoms with van der Waals surface area (Å²) in [5.74, 6) is -0.506. The molecule has 3 heterocycles. The van der Waals surface area contributed by atoms with Crippen LogP contribution in [0.25, 0.3) is 11.1 Å². The van der Waals surface area contributed by atoms with Gasteiger partial charge in [-0.3, -0.25) is 9.55 Å². The molecule has 0 fully saturated rings. The summed E-state index contributed by atoms with van der Waals surface area (Å²) in [4.78, 5) is 16.3. The number of hydrogen-bond acceptors (Lipinski definition) is 6. The van der Waals surface area contributed by atoms with Crippen molar-refractivity contribution >= 4 is 32.5 Å². The zero-order chi connectivity index (χ0) is 21.3. The largest absolute Gasteiger partial charge is 0.420 e.